The Hall–Kier alpha value is -1.41. The number of esters is 1. The second-order valence-corrected chi connectivity index (χ2v) is 8.68. The Morgan fingerprint density at radius 2 is 2.15 bits per heavy atom. The van der Waals surface area contributed by atoms with Crippen LogP contribution in [-0.4, -0.2) is 36.0 Å². The molecule has 0 bridgehead atoms. The molecule has 0 radical (unpaired) electrons. The summed E-state index contributed by atoms with van der Waals surface area (Å²) in [6, 6.07) is 4.33. The molecule has 1 N–H and O–H groups in total. The first-order valence-electron chi connectivity index (χ1n) is 8.87. The lowest BCUT2D eigenvalue weighted by Gasteiger charge is -2.30. The molecule has 5 nitrogen and oxygen atoms in total. The quantitative estimate of drug-likeness (QED) is 0.694. The SMILES string of the molecule is CCOC(=O)c1c(NC(=O)Cc2cccs2)sc2c1CCN(C(C)C)C2.Cl. The van der Waals surface area contributed by atoms with Gasteiger partial charge in [-0.25, -0.2) is 4.79 Å². The first-order chi connectivity index (χ1) is 12.5. The monoisotopic (exact) mass is 428 g/mol. The highest BCUT2D eigenvalue weighted by Crippen LogP contribution is 2.38. The van der Waals surface area contributed by atoms with Gasteiger partial charge in [0.25, 0.3) is 0 Å². The first-order valence-corrected chi connectivity index (χ1v) is 10.6. The zero-order valence-corrected chi connectivity index (χ0v) is 18.2. The number of hydrogen-bond acceptors (Lipinski definition) is 6. The third-order valence-corrected chi connectivity index (χ3v) is 6.47. The first kappa shape index (κ1) is 21.9. The topological polar surface area (TPSA) is 58.6 Å². The lowest BCUT2D eigenvalue weighted by Crippen LogP contribution is -2.35. The normalized spacial score (nSPS) is 13.8. The third-order valence-electron chi connectivity index (χ3n) is 4.46. The Bertz CT molecular complexity index is 787. The van der Waals surface area contributed by atoms with Gasteiger partial charge in [-0.05, 0) is 44.2 Å². The van der Waals surface area contributed by atoms with Crippen molar-refractivity contribution in [3.8, 4) is 0 Å². The van der Waals surface area contributed by atoms with E-state index in [1.165, 1.54) is 11.3 Å². The summed E-state index contributed by atoms with van der Waals surface area (Å²) in [7, 11) is 0. The van der Waals surface area contributed by atoms with Crippen molar-refractivity contribution in [3.63, 3.8) is 0 Å². The fraction of sp³-hybridized carbons (Fsp3) is 0.474. The van der Waals surface area contributed by atoms with Crippen LogP contribution in [0.15, 0.2) is 17.5 Å². The number of halogens is 1. The molecule has 0 saturated heterocycles. The van der Waals surface area contributed by atoms with Crippen molar-refractivity contribution in [2.75, 3.05) is 18.5 Å². The smallest absolute Gasteiger partial charge is 0.341 e. The van der Waals surface area contributed by atoms with Crippen molar-refractivity contribution in [3.05, 3.63) is 38.4 Å². The second-order valence-electron chi connectivity index (χ2n) is 6.55. The molecule has 0 atom stereocenters. The molecular weight excluding hydrogens is 404 g/mol. The van der Waals surface area contributed by atoms with E-state index >= 15 is 0 Å². The van der Waals surface area contributed by atoms with E-state index in [1.54, 1.807) is 18.3 Å². The molecule has 27 heavy (non-hydrogen) atoms. The third kappa shape index (κ3) is 5.10. The molecule has 3 heterocycles. The molecule has 1 amide bonds. The van der Waals surface area contributed by atoms with Crippen molar-refractivity contribution in [2.24, 2.45) is 0 Å². The Balaban J connectivity index is 0.00000261. The highest BCUT2D eigenvalue weighted by molar-refractivity contribution is 7.17. The van der Waals surface area contributed by atoms with Crippen LogP contribution in [0.1, 0.15) is 46.4 Å². The number of amides is 1. The molecule has 1 aliphatic rings. The van der Waals surface area contributed by atoms with Gasteiger partial charge in [0.15, 0.2) is 0 Å². The van der Waals surface area contributed by atoms with Gasteiger partial charge in [-0.3, -0.25) is 9.69 Å². The summed E-state index contributed by atoms with van der Waals surface area (Å²) in [5.74, 6) is -0.438. The number of nitrogens with one attached hydrogen (secondary N) is 1. The van der Waals surface area contributed by atoms with Crippen LogP contribution in [0, 0.1) is 0 Å². The summed E-state index contributed by atoms with van der Waals surface area (Å²) in [5.41, 5.74) is 1.59. The number of carbonyl (C=O) groups excluding carboxylic acids is 2. The summed E-state index contributed by atoms with van der Waals surface area (Å²) >= 11 is 3.06. The highest BCUT2D eigenvalue weighted by atomic mass is 35.5. The van der Waals surface area contributed by atoms with Gasteiger partial charge in [-0.2, -0.15) is 0 Å². The Morgan fingerprint density at radius 3 is 2.78 bits per heavy atom. The highest BCUT2D eigenvalue weighted by Gasteiger charge is 2.30. The van der Waals surface area contributed by atoms with Gasteiger partial charge in [0.2, 0.25) is 5.91 Å². The predicted molar refractivity (Wildman–Crippen MR) is 113 cm³/mol. The number of fused-ring (bicyclic) bond motifs is 1. The maximum absolute atomic E-state index is 12.5. The molecule has 2 aromatic rings. The molecule has 0 spiro atoms. The summed E-state index contributed by atoms with van der Waals surface area (Å²) in [6.45, 7) is 8.20. The number of ether oxygens (including phenoxy) is 1. The number of rotatable bonds is 6. The minimum absolute atomic E-state index is 0. The van der Waals surface area contributed by atoms with Crippen LogP contribution in [0.25, 0.3) is 0 Å². The van der Waals surface area contributed by atoms with Crippen LogP contribution in [-0.2, 0) is 28.9 Å². The summed E-state index contributed by atoms with van der Waals surface area (Å²) in [5, 5.41) is 5.54. The number of anilines is 1. The van der Waals surface area contributed by atoms with Crippen LogP contribution in [0.4, 0.5) is 5.00 Å². The zero-order chi connectivity index (χ0) is 18.7. The number of hydrogen-bond donors (Lipinski definition) is 1. The summed E-state index contributed by atoms with van der Waals surface area (Å²) in [4.78, 5) is 29.5. The predicted octanol–water partition coefficient (Wildman–Crippen LogP) is 4.36. The zero-order valence-electron chi connectivity index (χ0n) is 15.7. The van der Waals surface area contributed by atoms with Gasteiger partial charge < -0.3 is 10.1 Å². The molecule has 8 heteroatoms. The molecule has 2 aromatic heterocycles. The van der Waals surface area contributed by atoms with Crippen LogP contribution in [0.5, 0.6) is 0 Å². The van der Waals surface area contributed by atoms with E-state index in [0.717, 1.165) is 34.8 Å². The van der Waals surface area contributed by atoms with Crippen molar-refractivity contribution >= 4 is 52.0 Å². The van der Waals surface area contributed by atoms with Crippen molar-refractivity contribution in [2.45, 2.75) is 46.2 Å². The molecule has 1 aliphatic heterocycles. The van der Waals surface area contributed by atoms with E-state index in [-0.39, 0.29) is 24.3 Å². The standard InChI is InChI=1S/C19H24N2O3S2.ClH/c1-4-24-19(23)17-14-7-8-21(12(2)3)11-15(14)26-18(17)20-16(22)10-13-6-5-9-25-13;/h5-6,9,12H,4,7-8,10-11H2,1-3H3,(H,20,22);1H. The second kappa shape index (κ2) is 9.68. The van der Waals surface area contributed by atoms with Gasteiger partial charge in [-0.15, -0.1) is 35.1 Å². The van der Waals surface area contributed by atoms with Gasteiger partial charge in [0.05, 0.1) is 18.6 Å². The van der Waals surface area contributed by atoms with E-state index in [0.29, 0.717) is 29.6 Å². The van der Waals surface area contributed by atoms with E-state index in [2.05, 4.69) is 24.1 Å². The average molecular weight is 429 g/mol. The van der Waals surface area contributed by atoms with Gasteiger partial charge in [-0.1, -0.05) is 6.07 Å². The van der Waals surface area contributed by atoms with Crippen LogP contribution >= 0.6 is 35.1 Å². The van der Waals surface area contributed by atoms with E-state index in [9.17, 15) is 9.59 Å². The number of nitrogens with zero attached hydrogens (tertiary/aromatic N) is 1. The molecular formula is C19H25ClN2O3S2. The maximum atomic E-state index is 12.5. The van der Waals surface area contributed by atoms with Crippen molar-refractivity contribution in [1.29, 1.82) is 0 Å². The lowest BCUT2D eigenvalue weighted by atomic mass is 10.0. The number of carbonyl (C=O) groups is 2. The Labute approximate surface area is 174 Å². The van der Waals surface area contributed by atoms with Crippen LogP contribution in [0.2, 0.25) is 0 Å². The van der Waals surface area contributed by atoms with E-state index < -0.39 is 0 Å². The summed E-state index contributed by atoms with van der Waals surface area (Å²) < 4.78 is 5.26. The Kier molecular flexibility index (Phi) is 7.85. The van der Waals surface area contributed by atoms with Crippen molar-refractivity contribution < 1.29 is 14.3 Å². The maximum Gasteiger partial charge on any atom is 0.341 e. The van der Waals surface area contributed by atoms with E-state index in [4.69, 9.17) is 4.74 Å². The van der Waals surface area contributed by atoms with Crippen LogP contribution in [0.3, 0.4) is 0 Å². The minimum Gasteiger partial charge on any atom is -0.462 e. The molecule has 0 fully saturated rings. The Morgan fingerprint density at radius 1 is 1.37 bits per heavy atom. The van der Waals surface area contributed by atoms with Crippen LogP contribution < -0.4 is 5.32 Å². The van der Waals surface area contributed by atoms with Gasteiger partial charge in [0, 0.05) is 28.9 Å². The largest absolute Gasteiger partial charge is 0.462 e. The summed E-state index contributed by atoms with van der Waals surface area (Å²) in [6.07, 6.45) is 1.12. The average Bonchev–Trinajstić information content (AvgIpc) is 3.21. The fourth-order valence-corrected chi connectivity index (χ4v) is 5.09. The van der Waals surface area contributed by atoms with E-state index in [1.807, 2.05) is 17.5 Å². The van der Waals surface area contributed by atoms with Gasteiger partial charge >= 0.3 is 5.97 Å². The van der Waals surface area contributed by atoms with Crippen molar-refractivity contribution in [1.82, 2.24) is 4.90 Å². The fourth-order valence-electron chi connectivity index (χ4n) is 3.11. The van der Waals surface area contributed by atoms with Gasteiger partial charge in [0.1, 0.15) is 5.00 Å². The molecule has 0 aliphatic carbocycles. The molecule has 0 unspecified atom stereocenters. The molecule has 0 saturated carbocycles. The lowest BCUT2D eigenvalue weighted by molar-refractivity contribution is -0.115. The minimum atomic E-state index is -0.338. The molecule has 0 aromatic carbocycles. The number of thiophene rings is 2. The molecule has 148 valence electrons. The molecule has 3 rings (SSSR count).